The molecule has 7 heterocycles. The van der Waals surface area contributed by atoms with Gasteiger partial charge in [-0.2, -0.15) is 5.10 Å². The van der Waals surface area contributed by atoms with Gasteiger partial charge in [-0.1, -0.05) is 72.8 Å². The maximum Gasteiger partial charge on any atom is 0.255 e. The quantitative estimate of drug-likeness (QED) is 0.0148. The number of H-pyrrole nitrogens is 1. The van der Waals surface area contributed by atoms with Crippen molar-refractivity contribution in [2.45, 2.75) is 12.8 Å². The number of amides is 4. The van der Waals surface area contributed by atoms with Gasteiger partial charge in [0.15, 0.2) is 11.6 Å². The molecule has 0 spiro atoms. The van der Waals surface area contributed by atoms with Crippen LogP contribution in [0, 0.1) is 0 Å². The fraction of sp³-hybridized carbons (Fsp3) is 0.141. The molecule has 0 radical (unpaired) electrons. The number of fused-ring (bicyclic) bond motifs is 2. The van der Waals surface area contributed by atoms with Gasteiger partial charge in [0.2, 0.25) is 23.6 Å². The van der Waals surface area contributed by atoms with Crippen LogP contribution in [0.1, 0.15) is 42.2 Å². The Morgan fingerprint density at radius 1 is 0.430 bits per heavy atom. The number of Topliss-reactive ketones (excluding diaryl/α,β-unsaturated/α-hetero) is 1. The van der Waals surface area contributed by atoms with Crippen molar-refractivity contribution in [2.24, 2.45) is 7.05 Å². The lowest BCUT2D eigenvalue weighted by atomic mass is 10.0. The van der Waals surface area contributed by atoms with Gasteiger partial charge in [-0.05, 0) is 187 Å². The first-order valence-electron chi connectivity index (χ1n) is 38.3. The zero-order valence-corrected chi connectivity index (χ0v) is 67.8. The predicted octanol–water partition coefficient (Wildman–Crippen LogP) is 15.2. The lowest BCUT2D eigenvalue weighted by molar-refractivity contribution is -0.114. The molecule has 610 valence electrons. The number of likely N-dealkylation sites (N-methyl/N-ethyl adjacent to an activating group) is 3. The minimum Gasteiger partial charge on any atom is -0.481 e. The third-order valence-corrected chi connectivity index (χ3v) is 17.8. The minimum atomic E-state index is -0.285. The maximum absolute atomic E-state index is 12.9. The molecule has 14 aromatic rings. The highest BCUT2D eigenvalue weighted by atomic mass is 16.5. The Balaban J connectivity index is 0.000000166. The Morgan fingerprint density at radius 2 is 0.934 bits per heavy atom. The second kappa shape index (κ2) is 41.8. The molecular weight excluding hydrogens is 1530 g/mol. The number of anilines is 10. The van der Waals surface area contributed by atoms with E-state index in [-0.39, 0.29) is 41.6 Å². The predicted molar refractivity (Wildman–Crippen MR) is 473 cm³/mol. The van der Waals surface area contributed by atoms with Crippen molar-refractivity contribution in [1.29, 1.82) is 0 Å². The molecule has 14 rings (SSSR count). The topological polar surface area (TPSA) is 352 Å². The summed E-state index contributed by atoms with van der Waals surface area (Å²) in [5, 5.41) is 27.6. The van der Waals surface area contributed by atoms with Crippen LogP contribution in [0.3, 0.4) is 0 Å². The normalized spacial score (nSPS) is 11.1. The number of benzene rings is 7. The van der Waals surface area contributed by atoms with Crippen LogP contribution in [-0.2, 0) is 34.3 Å². The first kappa shape index (κ1) is 84.8. The second-order valence-corrected chi connectivity index (χ2v) is 28.4. The summed E-state index contributed by atoms with van der Waals surface area (Å²) in [6.07, 6.45) is 22.2. The van der Waals surface area contributed by atoms with E-state index in [1.54, 1.807) is 127 Å². The average molecular weight is 1620 g/mol. The van der Waals surface area contributed by atoms with E-state index >= 15 is 0 Å². The molecule has 0 aliphatic carbocycles. The van der Waals surface area contributed by atoms with Crippen LogP contribution in [0.25, 0.3) is 44.5 Å². The molecule has 7 aromatic heterocycles. The van der Waals surface area contributed by atoms with E-state index in [0.29, 0.717) is 99.6 Å². The number of aryl methyl sites for hydroxylation is 1. The number of methoxy groups -OCH3 is 1. The number of rotatable bonds is 31. The summed E-state index contributed by atoms with van der Waals surface area (Å²) >= 11 is 0. The zero-order chi connectivity index (χ0) is 85.0. The van der Waals surface area contributed by atoms with Gasteiger partial charge in [-0.15, -0.1) is 0 Å². The number of ketones is 2. The molecule has 0 fully saturated rings. The summed E-state index contributed by atoms with van der Waals surface area (Å²) in [5.41, 5.74) is 13.3. The van der Waals surface area contributed by atoms with Gasteiger partial charge in [0.25, 0.3) is 11.8 Å². The van der Waals surface area contributed by atoms with Crippen LogP contribution in [0.2, 0.25) is 0 Å². The van der Waals surface area contributed by atoms with Gasteiger partial charge in [0.1, 0.15) is 47.8 Å². The van der Waals surface area contributed by atoms with Gasteiger partial charge in [-0.25, -0.2) is 39.9 Å². The SMILES string of the molecule is CN(C)C/C=C/C(=O)Cc1ccc(C(=O)Cc2ccc(Nc3cc(-c4cnc5[nH]ccc5c4)ncn3)cc2)cc1.CN(C)C/C=C/C(=O)Nc1ccc(C(=O)Nc2cccc(Nc3cc(-c4ccc5nn(C)cc5c4)ncn3)c2)cc1.COc1ccc(Oc2cc(Nc3cccc(NC(=O)c4ccc(NC(=O)/C=C/CN(C)C)cc4)c3)ncn2)cn1. The van der Waals surface area contributed by atoms with Gasteiger partial charge >= 0.3 is 0 Å². The molecule has 7 aromatic carbocycles. The number of carbonyl (C=O) groups excluding carboxylic acids is 6. The monoisotopic (exact) mass is 1620 g/mol. The molecule has 4 amide bonds. The van der Waals surface area contributed by atoms with E-state index in [1.165, 1.54) is 37.3 Å². The molecule has 0 atom stereocenters. The molecule has 29 heteroatoms. The highest BCUT2D eigenvalue weighted by Crippen LogP contribution is 2.30. The third kappa shape index (κ3) is 26.2. The number of nitrogens with zero attached hydrogens (tertiary/aromatic N) is 13. The molecular formula is C92H89N21O8. The highest BCUT2D eigenvalue weighted by molar-refractivity contribution is 6.07. The molecule has 0 aliphatic heterocycles. The summed E-state index contributed by atoms with van der Waals surface area (Å²) in [6, 6.07) is 61.8. The fourth-order valence-corrected chi connectivity index (χ4v) is 11.9. The summed E-state index contributed by atoms with van der Waals surface area (Å²) in [7, 11) is 15.0. The lowest BCUT2D eigenvalue weighted by Crippen LogP contribution is -2.13. The number of hydrogen-bond donors (Lipinski definition) is 8. The Bertz CT molecular complexity index is 6010. The summed E-state index contributed by atoms with van der Waals surface area (Å²) in [4.78, 5) is 118. The van der Waals surface area contributed by atoms with Gasteiger partial charge in [-0.3, -0.25) is 33.4 Å². The molecule has 0 saturated carbocycles. The summed E-state index contributed by atoms with van der Waals surface area (Å²) < 4.78 is 12.6. The maximum atomic E-state index is 12.9. The Labute approximate surface area is 698 Å². The van der Waals surface area contributed by atoms with Crippen molar-refractivity contribution in [3.05, 3.63) is 314 Å². The van der Waals surface area contributed by atoms with Crippen LogP contribution >= 0.6 is 0 Å². The number of allylic oxidation sites excluding steroid dienone is 1. The van der Waals surface area contributed by atoms with Crippen molar-refractivity contribution in [3.63, 3.8) is 0 Å². The first-order chi connectivity index (χ1) is 58.6. The Morgan fingerprint density at radius 3 is 1.50 bits per heavy atom. The van der Waals surface area contributed by atoms with Crippen molar-refractivity contribution < 1.29 is 38.2 Å². The summed E-state index contributed by atoms with van der Waals surface area (Å²) in [6.45, 7) is 2.06. The largest absolute Gasteiger partial charge is 0.481 e. The first-order valence-corrected chi connectivity index (χ1v) is 38.3. The van der Waals surface area contributed by atoms with Crippen molar-refractivity contribution in [2.75, 3.05) is 106 Å². The molecule has 29 nitrogen and oxygen atoms in total. The van der Waals surface area contributed by atoms with E-state index in [2.05, 4.69) is 93.2 Å². The number of aromatic nitrogens is 11. The minimum absolute atomic E-state index is 0.0258. The molecule has 0 saturated heterocycles. The zero-order valence-electron chi connectivity index (χ0n) is 67.8. The van der Waals surface area contributed by atoms with Crippen LogP contribution < -0.4 is 46.7 Å². The molecule has 8 N–H and O–H groups in total. The number of pyridine rings is 2. The smallest absolute Gasteiger partial charge is 0.255 e. The van der Waals surface area contributed by atoms with Crippen LogP contribution in [0.4, 0.5) is 57.3 Å². The van der Waals surface area contributed by atoms with Gasteiger partial charge < -0.3 is 66.4 Å². The number of nitrogens with one attached hydrogen (secondary N) is 8. The van der Waals surface area contributed by atoms with Crippen molar-refractivity contribution in [3.8, 4) is 40.0 Å². The second-order valence-electron chi connectivity index (χ2n) is 28.4. The van der Waals surface area contributed by atoms with E-state index in [0.717, 1.165) is 73.5 Å². The van der Waals surface area contributed by atoms with Crippen LogP contribution in [-0.4, -0.2) is 174 Å². The van der Waals surface area contributed by atoms with E-state index in [1.807, 2.05) is 192 Å². The lowest BCUT2D eigenvalue weighted by Gasteiger charge is -2.11. The Hall–Kier alpha value is -15.6. The molecule has 0 bridgehead atoms. The van der Waals surface area contributed by atoms with Crippen molar-refractivity contribution >= 4 is 114 Å². The van der Waals surface area contributed by atoms with E-state index in [9.17, 15) is 28.8 Å². The number of aromatic amines is 1. The van der Waals surface area contributed by atoms with Gasteiger partial charge in [0, 0.05) is 173 Å². The van der Waals surface area contributed by atoms with E-state index in [4.69, 9.17) is 9.47 Å². The summed E-state index contributed by atoms with van der Waals surface area (Å²) in [5.74, 6) is 2.17. The van der Waals surface area contributed by atoms with Gasteiger partial charge in [0.05, 0.1) is 30.2 Å². The van der Waals surface area contributed by atoms with Crippen molar-refractivity contribution in [1.82, 2.24) is 69.3 Å². The standard InChI is InChI=1S/C32H30N6O2.C31H30N8O2.C29H29N7O4/c1-38(2)15-3-4-28(39)16-22-5-9-24(10-6-22)30(40)17-23-7-11-27(12-8-23)37-31-19-29(35-21-36-31)26-18-25-13-14-33-32(25)34-20-26;1-38(2)15-5-8-30(40)35-24-12-9-21(10-13-24)31(41)36-26-7-4-6-25(17-26)34-29-18-28(32-20-33-29)22-11-14-27-23(16-22)19-39(3)37-27;1-36(2)15-5-8-26(37)34-21-11-9-20(10-12-21)29(38)35-23-7-4-6-22(16-23)33-25-17-28(32-19-31-25)40-24-13-14-27(39-3)30-18-24/h3-14,18-21H,15-17H2,1-2H3,(H,33,34)(H,35,36,37);4-14,16-20H,15H2,1-3H3,(H,35,40)(H,36,41)(H,32,33,34);4-14,16-19H,15H2,1-3H3,(H,34,37)(H,35,38)(H,31,32,33)/b4-3+;2*8-5+. The molecule has 0 aliphatic rings. The molecule has 0 unspecified atom stereocenters. The van der Waals surface area contributed by atoms with Crippen LogP contribution in [0.15, 0.2) is 286 Å². The fourth-order valence-electron chi connectivity index (χ4n) is 11.9. The van der Waals surface area contributed by atoms with Crippen LogP contribution in [0.5, 0.6) is 17.5 Å². The number of ether oxygens (including phenoxy) is 2. The Kier molecular flexibility index (Phi) is 29.3. The average Bonchev–Trinajstić information content (AvgIpc) is 1.80. The number of hydrogen-bond acceptors (Lipinski definition) is 23. The number of carbonyl (C=O) groups is 6. The highest BCUT2D eigenvalue weighted by Gasteiger charge is 2.16. The molecule has 121 heavy (non-hydrogen) atoms. The van der Waals surface area contributed by atoms with E-state index < -0.39 is 0 Å². The third-order valence-electron chi connectivity index (χ3n) is 17.8.